The minimum absolute atomic E-state index is 0.0903. The zero-order valence-electron chi connectivity index (χ0n) is 20.0. The third kappa shape index (κ3) is 5.41. The highest BCUT2D eigenvalue weighted by atomic mass is 19.1. The molecular weight excluding hydrogens is 421 g/mol. The Bertz CT molecular complexity index is 983. The van der Waals surface area contributed by atoms with Crippen molar-refractivity contribution in [1.82, 2.24) is 0 Å². The molecule has 0 amide bonds. The van der Waals surface area contributed by atoms with Gasteiger partial charge in [0.1, 0.15) is 29.8 Å². The van der Waals surface area contributed by atoms with Crippen LogP contribution in [0.4, 0.5) is 13.2 Å². The molecule has 2 aliphatic carbocycles. The fourth-order valence-corrected chi connectivity index (χ4v) is 6.29. The zero-order chi connectivity index (χ0) is 23.4. The van der Waals surface area contributed by atoms with Gasteiger partial charge in [0.15, 0.2) is 0 Å². The topological polar surface area (TPSA) is 9.23 Å². The van der Waals surface area contributed by atoms with Crippen LogP contribution in [-0.2, 0) is 0 Å². The van der Waals surface area contributed by atoms with Gasteiger partial charge >= 0.3 is 0 Å². The molecule has 0 bridgehead atoms. The van der Waals surface area contributed by atoms with Gasteiger partial charge in [-0.1, -0.05) is 51.2 Å². The molecule has 0 spiro atoms. The molecule has 0 radical (unpaired) electrons. The van der Waals surface area contributed by atoms with E-state index in [1.165, 1.54) is 56.7 Å². The summed E-state index contributed by atoms with van der Waals surface area (Å²) >= 11 is 0. The van der Waals surface area contributed by atoms with Crippen molar-refractivity contribution in [2.45, 2.75) is 84.0 Å². The van der Waals surface area contributed by atoms with Gasteiger partial charge < -0.3 is 4.74 Å². The minimum Gasteiger partial charge on any atom is -0.489 e. The second-order valence-corrected chi connectivity index (χ2v) is 10.2. The molecule has 180 valence electrons. The van der Waals surface area contributed by atoms with Crippen molar-refractivity contribution in [2.24, 2.45) is 17.8 Å². The van der Waals surface area contributed by atoms with Gasteiger partial charge in [0, 0.05) is 11.6 Å². The van der Waals surface area contributed by atoms with E-state index in [-0.39, 0.29) is 34.6 Å². The predicted octanol–water partition coefficient (Wildman–Crippen LogP) is 9.09. The maximum absolute atomic E-state index is 15.5. The lowest BCUT2D eigenvalue weighted by Gasteiger charge is -2.42. The summed E-state index contributed by atoms with van der Waals surface area (Å²) in [5, 5.41) is 0.0945. The number of unbranched alkanes of at least 4 members (excludes halogenated alkanes) is 2. The maximum atomic E-state index is 15.5. The van der Waals surface area contributed by atoms with Crippen LogP contribution in [0, 0.1) is 35.2 Å². The highest BCUT2D eigenvalue weighted by Crippen LogP contribution is 2.49. The molecule has 4 rings (SSSR count). The first-order valence-corrected chi connectivity index (χ1v) is 12.9. The number of hydrogen-bond donors (Lipinski definition) is 0. The SMILES string of the molecule is CC=CCOc1cc(F)c2c(F)c(C3CCC4CC(CCCCC)CCC4C3)c(F)cc2c1. The Balaban J connectivity index is 1.51. The van der Waals surface area contributed by atoms with E-state index in [2.05, 4.69) is 6.92 Å². The normalized spacial score (nSPS) is 25.5. The average Bonchev–Trinajstić information content (AvgIpc) is 2.79. The van der Waals surface area contributed by atoms with Gasteiger partial charge in [-0.2, -0.15) is 0 Å². The maximum Gasteiger partial charge on any atom is 0.140 e. The minimum atomic E-state index is -0.723. The Hall–Kier alpha value is -1.97. The van der Waals surface area contributed by atoms with Gasteiger partial charge in [-0.3, -0.25) is 0 Å². The molecule has 2 fully saturated rings. The number of ether oxygens (including phenoxy) is 1. The van der Waals surface area contributed by atoms with E-state index in [1.54, 1.807) is 6.08 Å². The van der Waals surface area contributed by atoms with E-state index >= 15 is 8.78 Å². The summed E-state index contributed by atoms with van der Waals surface area (Å²) in [6, 6.07) is 4.01. The Labute approximate surface area is 196 Å². The first-order chi connectivity index (χ1) is 16.0. The van der Waals surface area contributed by atoms with E-state index in [0.717, 1.165) is 31.6 Å². The van der Waals surface area contributed by atoms with Crippen molar-refractivity contribution in [2.75, 3.05) is 6.61 Å². The first kappa shape index (κ1) is 24.2. The van der Waals surface area contributed by atoms with E-state index in [0.29, 0.717) is 11.8 Å². The first-order valence-electron chi connectivity index (χ1n) is 12.9. The summed E-state index contributed by atoms with van der Waals surface area (Å²) in [7, 11) is 0. The number of allylic oxidation sites excluding steroid dienone is 1. The Morgan fingerprint density at radius 2 is 1.73 bits per heavy atom. The Kier molecular flexibility index (Phi) is 8.03. The van der Waals surface area contributed by atoms with Gasteiger partial charge in [-0.15, -0.1) is 0 Å². The number of hydrogen-bond acceptors (Lipinski definition) is 1. The summed E-state index contributed by atoms with van der Waals surface area (Å²) < 4.78 is 51.1. The molecule has 4 atom stereocenters. The van der Waals surface area contributed by atoms with Gasteiger partial charge in [-0.25, -0.2) is 13.2 Å². The lowest BCUT2D eigenvalue weighted by Crippen LogP contribution is -2.31. The second-order valence-electron chi connectivity index (χ2n) is 10.2. The van der Waals surface area contributed by atoms with Crippen LogP contribution in [-0.4, -0.2) is 6.61 Å². The van der Waals surface area contributed by atoms with Gasteiger partial charge in [0.2, 0.25) is 0 Å². The zero-order valence-corrected chi connectivity index (χ0v) is 20.0. The lowest BCUT2D eigenvalue weighted by molar-refractivity contribution is 0.111. The molecule has 4 unspecified atom stereocenters. The summed E-state index contributed by atoms with van der Waals surface area (Å²) in [5.74, 6) is 0.179. The molecule has 4 heteroatoms. The highest BCUT2D eigenvalue weighted by molar-refractivity contribution is 5.86. The molecule has 2 saturated carbocycles. The van der Waals surface area contributed by atoms with Crippen LogP contribution < -0.4 is 4.74 Å². The van der Waals surface area contributed by atoms with Crippen LogP contribution in [0.15, 0.2) is 30.4 Å². The molecule has 2 aromatic carbocycles. The van der Waals surface area contributed by atoms with Crippen LogP contribution in [0.2, 0.25) is 0 Å². The van der Waals surface area contributed by atoms with Gasteiger partial charge in [-0.05, 0) is 80.2 Å². The average molecular weight is 459 g/mol. The van der Waals surface area contributed by atoms with E-state index < -0.39 is 17.5 Å². The summed E-state index contributed by atoms with van der Waals surface area (Å²) in [4.78, 5) is 0. The molecule has 0 aliphatic heterocycles. The van der Waals surface area contributed by atoms with Crippen LogP contribution in [0.5, 0.6) is 5.75 Å². The Morgan fingerprint density at radius 3 is 2.52 bits per heavy atom. The largest absolute Gasteiger partial charge is 0.489 e. The summed E-state index contributed by atoms with van der Waals surface area (Å²) in [5.41, 5.74) is 0.0903. The van der Waals surface area contributed by atoms with E-state index in [1.807, 2.05) is 13.0 Å². The fraction of sp³-hybridized carbons (Fsp3) is 0.586. The molecule has 0 heterocycles. The van der Waals surface area contributed by atoms with Crippen LogP contribution >= 0.6 is 0 Å². The second kappa shape index (κ2) is 11.0. The number of rotatable bonds is 8. The van der Waals surface area contributed by atoms with Crippen molar-refractivity contribution in [3.05, 3.63) is 53.4 Å². The monoisotopic (exact) mass is 458 g/mol. The van der Waals surface area contributed by atoms with Gasteiger partial charge in [0.05, 0.1) is 5.39 Å². The third-order valence-corrected chi connectivity index (χ3v) is 8.02. The number of benzene rings is 2. The lowest BCUT2D eigenvalue weighted by atomic mass is 9.63. The summed E-state index contributed by atoms with van der Waals surface area (Å²) in [6.07, 6.45) is 15.1. The molecule has 0 N–H and O–H groups in total. The van der Waals surface area contributed by atoms with Crippen molar-refractivity contribution in [3.8, 4) is 5.75 Å². The Morgan fingerprint density at radius 1 is 0.939 bits per heavy atom. The fourth-order valence-electron chi connectivity index (χ4n) is 6.29. The predicted molar refractivity (Wildman–Crippen MR) is 129 cm³/mol. The van der Waals surface area contributed by atoms with Crippen molar-refractivity contribution >= 4 is 10.8 Å². The molecule has 0 saturated heterocycles. The highest BCUT2D eigenvalue weighted by Gasteiger charge is 2.37. The molecule has 1 nitrogen and oxygen atoms in total. The van der Waals surface area contributed by atoms with Crippen LogP contribution in [0.3, 0.4) is 0 Å². The van der Waals surface area contributed by atoms with Crippen LogP contribution in [0.1, 0.15) is 89.5 Å². The summed E-state index contributed by atoms with van der Waals surface area (Å²) in [6.45, 7) is 4.39. The van der Waals surface area contributed by atoms with Crippen LogP contribution in [0.25, 0.3) is 10.8 Å². The molecule has 33 heavy (non-hydrogen) atoms. The van der Waals surface area contributed by atoms with E-state index in [9.17, 15) is 4.39 Å². The molecule has 0 aromatic heterocycles. The van der Waals surface area contributed by atoms with Crippen molar-refractivity contribution in [3.63, 3.8) is 0 Å². The standard InChI is InChI=1S/C29H37F3O/c1-3-5-7-8-19-9-10-21-15-22(12-11-20(21)14-19)27-25(30)17-23-16-24(33-13-6-4-2)18-26(31)28(23)29(27)32/h4,6,16-22H,3,5,7-15H2,1-2H3. The molecule has 2 aliphatic rings. The number of fused-ring (bicyclic) bond motifs is 2. The quantitative estimate of drug-likeness (QED) is 0.283. The van der Waals surface area contributed by atoms with E-state index in [4.69, 9.17) is 4.74 Å². The molecule has 2 aromatic rings. The smallest absolute Gasteiger partial charge is 0.140 e. The number of halogens is 3. The van der Waals surface area contributed by atoms with Crippen molar-refractivity contribution in [1.29, 1.82) is 0 Å². The molecular formula is C29H37F3O. The third-order valence-electron chi connectivity index (χ3n) is 8.02. The van der Waals surface area contributed by atoms with Crippen molar-refractivity contribution < 1.29 is 17.9 Å². The van der Waals surface area contributed by atoms with Gasteiger partial charge in [0.25, 0.3) is 0 Å².